The van der Waals surface area contributed by atoms with Gasteiger partial charge in [0, 0.05) is 33.7 Å². The largest absolute Gasteiger partial charge is 0.497 e. The summed E-state index contributed by atoms with van der Waals surface area (Å²) in [7, 11) is 3.23. The fraction of sp³-hybridized carbons (Fsp3) is 0.529. The standard InChI is InChI=1S/C17H26N2O4/c1-13(17(21)18-10-5-11-22-3)19(14(2)20)12-15-6-8-16(23-4)9-7-15/h6-9,13H,5,10-12H2,1-4H3,(H,18,21)/t13-/m0/s1. The Hall–Kier alpha value is -2.08. The summed E-state index contributed by atoms with van der Waals surface area (Å²) in [5.41, 5.74) is 0.944. The van der Waals surface area contributed by atoms with Gasteiger partial charge in [-0.05, 0) is 31.0 Å². The van der Waals surface area contributed by atoms with Crippen molar-refractivity contribution in [1.29, 1.82) is 0 Å². The Morgan fingerprint density at radius 2 is 1.87 bits per heavy atom. The zero-order chi connectivity index (χ0) is 17.2. The molecule has 0 saturated heterocycles. The molecule has 0 fully saturated rings. The van der Waals surface area contributed by atoms with Crippen LogP contribution in [0.3, 0.4) is 0 Å². The number of ether oxygens (including phenoxy) is 2. The maximum Gasteiger partial charge on any atom is 0.242 e. The smallest absolute Gasteiger partial charge is 0.242 e. The lowest BCUT2D eigenvalue weighted by Gasteiger charge is -2.27. The van der Waals surface area contributed by atoms with Crippen molar-refractivity contribution in [3.8, 4) is 5.75 Å². The van der Waals surface area contributed by atoms with Crippen LogP contribution in [0.5, 0.6) is 5.75 Å². The number of amides is 2. The number of carbonyl (C=O) groups excluding carboxylic acids is 2. The summed E-state index contributed by atoms with van der Waals surface area (Å²) in [5, 5.41) is 2.82. The Morgan fingerprint density at radius 1 is 1.22 bits per heavy atom. The van der Waals surface area contributed by atoms with Crippen LogP contribution in [0, 0.1) is 0 Å². The predicted octanol–water partition coefficient (Wildman–Crippen LogP) is 1.58. The van der Waals surface area contributed by atoms with Crippen molar-refractivity contribution < 1.29 is 19.1 Å². The lowest BCUT2D eigenvalue weighted by Crippen LogP contribution is -2.47. The number of carbonyl (C=O) groups is 2. The first-order chi connectivity index (χ1) is 11.0. The molecule has 1 rings (SSSR count). The van der Waals surface area contributed by atoms with E-state index < -0.39 is 6.04 Å². The second kappa shape index (κ2) is 9.84. The van der Waals surface area contributed by atoms with Crippen LogP contribution >= 0.6 is 0 Å². The van der Waals surface area contributed by atoms with Gasteiger partial charge in [-0.15, -0.1) is 0 Å². The molecule has 0 aliphatic carbocycles. The summed E-state index contributed by atoms with van der Waals surface area (Å²) >= 11 is 0. The van der Waals surface area contributed by atoms with Gasteiger partial charge in [0.25, 0.3) is 0 Å². The van der Waals surface area contributed by atoms with Gasteiger partial charge in [-0.2, -0.15) is 0 Å². The molecule has 0 aromatic heterocycles. The summed E-state index contributed by atoms with van der Waals surface area (Å²) in [6.45, 7) is 4.71. The topological polar surface area (TPSA) is 67.9 Å². The number of rotatable bonds is 9. The minimum absolute atomic E-state index is 0.139. The van der Waals surface area contributed by atoms with E-state index in [-0.39, 0.29) is 11.8 Å². The molecule has 6 heteroatoms. The third kappa shape index (κ3) is 6.28. The highest BCUT2D eigenvalue weighted by atomic mass is 16.5. The molecule has 0 bridgehead atoms. The van der Waals surface area contributed by atoms with Crippen molar-refractivity contribution in [2.45, 2.75) is 32.9 Å². The summed E-state index contributed by atoms with van der Waals surface area (Å²) < 4.78 is 10.1. The molecule has 128 valence electrons. The fourth-order valence-electron chi connectivity index (χ4n) is 2.17. The molecule has 1 aromatic rings. The van der Waals surface area contributed by atoms with Crippen molar-refractivity contribution in [2.75, 3.05) is 27.4 Å². The van der Waals surface area contributed by atoms with E-state index in [1.54, 1.807) is 26.0 Å². The third-order valence-corrected chi connectivity index (χ3v) is 3.59. The minimum Gasteiger partial charge on any atom is -0.497 e. The molecule has 0 radical (unpaired) electrons. The van der Waals surface area contributed by atoms with Gasteiger partial charge in [-0.3, -0.25) is 9.59 Å². The van der Waals surface area contributed by atoms with E-state index in [0.29, 0.717) is 19.7 Å². The zero-order valence-electron chi connectivity index (χ0n) is 14.3. The Morgan fingerprint density at radius 3 is 2.39 bits per heavy atom. The second-order valence-electron chi connectivity index (χ2n) is 5.31. The van der Waals surface area contributed by atoms with Crippen molar-refractivity contribution in [3.05, 3.63) is 29.8 Å². The van der Waals surface area contributed by atoms with Crippen LogP contribution in [-0.2, 0) is 20.9 Å². The molecule has 1 atom stereocenters. The maximum absolute atomic E-state index is 12.2. The van der Waals surface area contributed by atoms with Crippen molar-refractivity contribution in [1.82, 2.24) is 10.2 Å². The lowest BCUT2D eigenvalue weighted by molar-refractivity contribution is -0.139. The first kappa shape index (κ1) is 19.0. The van der Waals surface area contributed by atoms with E-state index >= 15 is 0 Å². The number of benzene rings is 1. The summed E-state index contributed by atoms with van der Waals surface area (Å²) in [5.74, 6) is 0.456. The van der Waals surface area contributed by atoms with Crippen LogP contribution < -0.4 is 10.1 Å². The molecular weight excluding hydrogens is 296 g/mol. The van der Waals surface area contributed by atoms with E-state index in [9.17, 15) is 9.59 Å². The molecule has 0 aliphatic rings. The van der Waals surface area contributed by atoms with E-state index in [0.717, 1.165) is 17.7 Å². The molecule has 0 aliphatic heterocycles. The lowest BCUT2D eigenvalue weighted by atomic mass is 10.1. The molecule has 2 amide bonds. The number of hydrogen-bond acceptors (Lipinski definition) is 4. The van der Waals surface area contributed by atoms with Crippen molar-refractivity contribution >= 4 is 11.8 Å². The molecule has 1 N–H and O–H groups in total. The molecule has 6 nitrogen and oxygen atoms in total. The first-order valence-corrected chi connectivity index (χ1v) is 7.66. The van der Waals surface area contributed by atoms with Crippen LogP contribution in [0.4, 0.5) is 0 Å². The third-order valence-electron chi connectivity index (χ3n) is 3.59. The molecular formula is C17H26N2O4. The van der Waals surface area contributed by atoms with Gasteiger partial charge in [0.1, 0.15) is 11.8 Å². The summed E-state index contributed by atoms with van der Waals surface area (Å²) in [6.07, 6.45) is 0.744. The maximum atomic E-state index is 12.2. The van der Waals surface area contributed by atoms with Gasteiger partial charge in [0.15, 0.2) is 0 Å². The number of nitrogens with zero attached hydrogens (tertiary/aromatic N) is 1. The summed E-state index contributed by atoms with van der Waals surface area (Å²) in [4.78, 5) is 25.6. The first-order valence-electron chi connectivity index (χ1n) is 7.66. The van der Waals surface area contributed by atoms with Crippen LogP contribution in [0.1, 0.15) is 25.8 Å². The van der Waals surface area contributed by atoms with Crippen molar-refractivity contribution in [3.63, 3.8) is 0 Å². The molecule has 1 aromatic carbocycles. The monoisotopic (exact) mass is 322 g/mol. The van der Waals surface area contributed by atoms with E-state index in [1.165, 1.54) is 6.92 Å². The van der Waals surface area contributed by atoms with E-state index in [4.69, 9.17) is 9.47 Å². The van der Waals surface area contributed by atoms with Gasteiger partial charge in [-0.1, -0.05) is 12.1 Å². The SMILES string of the molecule is COCCCNC(=O)[C@H](C)N(Cc1ccc(OC)cc1)C(C)=O. The quantitative estimate of drug-likeness (QED) is 0.701. The Labute approximate surface area is 137 Å². The van der Waals surface area contributed by atoms with Crippen LogP contribution in [-0.4, -0.2) is 50.1 Å². The average molecular weight is 322 g/mol. The normalized spacial score (nSPS) is 11.7. The summed E-state index contributed by atoms with van der Waals surface area (Å²) in [6, 6.07) is 6.92. The van der Waals surface area contributed by atoms with Gasteiger partial charge in [0.2, 0.25) is 11.8 Å². The molecule has 0 spiro atoms. The van der Waals surface area contributed by atoms with Crippen LogP contribution in [0.15, 0.2) is 24.3 Å². The highest BCUT2D eigenvalue weighted by molar-refractivity contribution is 5.86. The minimum atomic E-state index is -0.530. The van der Waals surface area contributed by atoms with E-state index in [2.05, 4.69) is 5.32 Å². The Balaban J connectivity index is 2.65. The van der Waals surface area contributed by atoms with Gasteiger partial charge in [-0.25, -0.2) is 0 Å². The number of hydrogen-bond donors (Lipinski definition) is 1. The van der Waals surface area contributed by atoms with Gasteiger partial charge < -0.3 is 19.7 Å². The second-order valence-corrected chi connectivity index (χ2v) is 5.31. The average Bonchev–Trinajstić information content (AvgIpc) is 2.56. The highest BCUT2D eigenvalue weighted by Gasteiger charge is 2.23. The Kier molecular flexibility index (Phi) is 8.11. The van der Waals surface area contributed by atoms with E-state index in [1.807, 2.05) is 24.3 Å². The Bertz CT molecular complexity index is 502. The van der Waals surface area contributed by atoms with Crippen molar-refractivity contribution in [2.24, 2.45) is 0 Å². The van der Waals surface area contributed by atoms with Crippen LogP contribution in [0.25, 0.3) is 0 Å². The molecule has 0 saturated carbocycles. The predicted molar refractivity (Wildman–Crippen MR) is 88.2 cm³/mol. The molecule has 0 unspecified atom stereocenters. The van der Waals surface area contributed by atoms with Gasteiger partial charge >= 0.3 is 0 Å². The zero-order valence-corrected chi connectivity index (χ0v) is 14.3. The highest BCUT2D eigenvalue weighted by Crippen LogP contribution is 2.14. The number of methoxy groups -OCH3 is 2. The van der Waals surface area contributed by atoms with Gasteiger partial charge in [0.05, 0.1) is 7.11 Å². The number of nitrogens with one attached hydrogen (secondary N) is 1. The van der Waals surface area contributed by atoms with Crippen LogP contribution in [0.2, 0.25) is 0 Å². The fourth-order valence-corrected chi connectivity index (χ4v) is 2.17. The molecule has 0 heterocycles. The molecule has 23 heavy (non-hydrogen) atoms.